The summed E-state index contributed by atoms with van der Waals surface area (Å²) < 4.78 is 0.702. The van der Waals surface area contributed by atoms with Crippen LogP contribution in [0.5, 0.6) is 0 Å². The molecule has 0 amide bonds. The number of ketones is 1. The summed E-state index contributed by atoms with van der Waals surface area (Å²) in [5, 5.41) is 0. The minimum atomic E-state index is 0.0715. The van der Waals surface area contributed by atoms with Crippen LogP contribution >= 0.6 is 22.9 Å². The molecular formula is C16H22ClNOS. The quantitative estimate of drug-likeness (QED) is 0.771. The zero-order valence-electron chi connectivity index (χ0n) is 12.0. The Morgan fingerprint density at radius 1 is 1.30 bits per heavy atom. The first-order valence-corrected chi connectivity index (χ1v) is 8.83. The molecule has 0 radical (unpaired) electrons. The van der Waals surface area contributed by atoms with Crippen molar-refractivity contribution in [2.45, 2.75) is 32.6 Å². The van der Waals surface area contributed by atoms with Gasteiger partial charge in [-0.25, -0.2) is 0 Å². The van der Waals surface area contributed by atoms with E-state index in [2.05, 4.69) is 11.8 Å². The van der Waals surface area contributed by atoms with Crippen molar-refractivity contribution >= 4 is 28.7 Å². The van der Waals surface area contributed by atoms with Crippen molar-refractivity contribution in [1.82, 2.24) is 4.90 Å². The first kappa shape index (κ1) is 14.6. The van der Waals surface area contributed by atoms with Gasteiger partial charge in [-0.3, -0.25) is 4.79 Å². The van der Waals surface area contributed by atoms with Crippen molar-refractivity contribution in [3.05, 3.63) is 21.3 Å². The SMILES string of the molecule is C[C@H](CN1CC2CCC(CC2)C1)C(=O)c1ccc(Cl)s1. The molecule has 3 fully saturated rings. The van der Waals surface area contributed by atoms with E-state index in [1.165, 1.54) is 50.1 Å². The molecule has 1 atom stereocenters. The van der Waals surface area contributed by atoms with Crippen LogP contribution in [-0.2, 0) is 0 Å². The Morgan fingerprint density at radius 2 is 1.90 bits per heavy atom. The summed E-state index contributed by atoms with van der Waals surface area (Å²) in [4.78, 5) is 15.8. The van der Waals surface area contributed by atoms with E-state index in [0.717, 1.165) is 23.3 Å². The van der Waals surface area contributed by atoms with Crippen LogP contribution < -0.4 is 0 Å². The highest BCUT2D eigenvalue weighted by Gasteiger charge is 2.30. The molecule has 20 heavy (non-hydrogen) atoms. The molecule has 0 N–H and O–H groups in total. The molecule has 0 aromatic carbocycles. The van der Waals surface area contributed by atoms with Gasteiger partial charge in [-0.1, -0.05) is 18.5 Å². The highest BCUT2D eigenvalue weighted by Crippen LogP contribution is 2.34. The van der Waals surface area contributed by atoms with Crippen LogP contribution in [0.3, 0.4) is 0 Å². The molecule has 1 aromatic heterocycles. The van der Waals surface area contributed by atoms with Gasteiger partial charge in [0.05, 0.1) is 9.21 Å². The highest BCUT2D eigenvalue weighted by atomic mass is 35.5. The first-order valence-electron chi connectivity index (χ1n) is 7.63. The van der Waals surface area contributed by atoms with Gasteiger partial charge in [0.2, 0.25) is 0 Å². The second-order valence-electron chi connectivity index (χ2n) is 6.47. The summed E-state index contributed by atoms with van der Waals surface area (Å²) in [6.45, 7) is 5.35. The van der Waals surface area contributed by atoms with Crippen LogP contribution in [0.4, 0.5) is 0 Å². The zero-order valence-corrected chi connectivity index (χ0v) is 13.6. The molecule has 1 aromatic rings. The average molecular weight is 312 g/mol. The molecule has 2 bridgehead atoms. The van der Waals surface area contributed by atoms with Gasteiger partial charge in [-0.2, -0.15) is 0 Å². The van der Waals surface area contributed by atoms with Gasteiger partial charge in [-0.05, 0) is 49.7 Å². The number of rotatable bonds is 4. The molecule has 4 rings (SSSR count). The van der Waals surface area contributed by atoms with E-state index in [0.29, 0.717) is 4.34 Å². The van der Waals surface area contributed by atoms with Gasteiger partial charge >= 0.3 is 0 Å². The van der Waals surface area contributed by atoms with Crippen molar-refractivity contribution in [3.63, 3.8) is 0 Å². The molecule has 3 heterocycles. The van der Waals surface area contributed by atoms with Crippen LogP contribution in [0.2, 0.25) is 4.34 Å². The molecule has 1 saturated carbocycles. The lowest BCUT2D eigenvalue weighted by Gasteiger charge is -2.25. The van der Waals surface area contributed by atoms with Crippen LogP contribution in [0.1, 0.15) is 42.3 Å². The Labute approximate surface area is 130 Å². The predicted octanol–water partition coefficient (Wildman–Crippen LogP) is 4.34. The topological polar surface area (TPSA) is 20.3 Å². The number of carbonyl (C=O) groups is 1. The third kappa shape index (κ3) is 3.26. The standard InChI is InChI=1S/C16H22ClNOS/c1-11(16(19)14-6-7-15(17)20-14)8-18-9-12-2-3-13(10-18)5-4-12/h6-7,11-13H,2-5,8-10H2,1H3/t11-,12?,13?/m1/s1. The van der Waals surface area contributed by atoms with Crippen LogP contribution in [0, 0.1) is 17.8 Å². The Kier molecular flexibility index (Phi) is 4.49. The normalized spacial score (nSPS) is 28.3. The van der Waals surface area contributed by atoms with E-state index in [-0.39, 0.29) is 11.7 Å². The lowest BCUT2D eigenvalue weighted by molar-refractivity contribution is 0.0893. The van der Waals surface area contributed by atoms with Crippen molar-refractivity contribution in [3.8, 4) is 0 Å². The van der Waals surface area contributed by atoms with E-state index in [9.17, 15) is 4.79 Å². The third-order valence-corrected chi connectivity index (χ3v) is 6.04. The van der Waals surface area contributed by atoms with Gasteiger partial charge in [0.25, 0.3) is 0 Å². The Bertz CT molecular complexity index is 465. The molecule has 2 aliphatic heterocycles. The van der Waals surface area contributed by atoms with E-state index in [1.807, 2.05) is 12.1 Å². The lowest BCUT2D eigenvalue weighted by atomic mass is 9.84. The molecule has 1 aliphatic carbocycles. The average Bonchev–Trinajstić information content (AvgIpc) is 2.67. The fraction of sp³-hybridized carbons (Fsp3) is 0.688. The summed E-state index contributed by atoms with van der Waals surface area (Å²) in [5.41, 5.74) is 0. The largest absolute Gasteiger partial charge is 0.302 e. The molecular weight excluding hydrogens is 290 g/mol. The molecule has 3 aliphatic rings. The number of nitrogens with zero attached hydrogens (tertiary/aromatic N) is 1. The number of carbonyl (C=O) groups excluding carboxylic acids is 1. The van der Waals surface area contributed by atoms with Crippen molar-refractivity contribution in [2.75, 3.05) is 19.6 Å². The Morgan fingerprint density at radius 3 is 2.40 bits per heavy atom. The van der Waals surface area contributed by atoms with E-state index >= 15 is 0 Å². The third-order valence-electron chi connectivity index (χ3n) is 4.79. The maximum absolute atomic E-state index is 12.4. The number of thiophene rings is 1. The summed E-state index contributed by atoms with van der Waals surface area (Å²) >= 11 is 7.33. The first-order chi connectivity index (χ1) is 9.61. The highest BCUT2D eigenvalue weighted by molar-refractivity contribution is 7.18. The van der Waals surface area contributed by atoms with Gasteiger partial charge < -0.3 is 4.90 Å². The Hall–Kier alpha value is -0.380. The van der Waals surface area contributed by atoms with Gasteiger partial charge in [0, 0.05) is 25.6 Å². The predicted molar refractivity (Wildman–Crippen MR) is 84.7 cm³/mol. The van der Waals surface area contributed by atoms with Gasteiger partial charge in [0.15, 0.2) is 5.78 Å². The Balaban J connectivity index is 1.61. The summed E-state index contributed by atoms with van der Waals surface area (Å²) in [6.07, 6.45) is 5.57. The molecule has 2 saturated heterocycles. The van der Waals surface area contributed by atoms with Crippen LogP contribution in [-0.4, -0.2) is 30.3 Å². The van der Waals surface area contributed by atoms with Crippen molar-refractivity contribution < 1.29 is 4.79 Å². The fourth-order valence-electron chi connectivity index (χ4n) is 3.71. The smallest absolute Gasteiger partial charge is 0.176 e. The minimum Gasteiger partial charge on any atom is -0.302 e. The minimum absolute atomic E-state index is 0.0715. The number of hydrogen-bond donors (Lipinski definition) is 0. The lowest BCUT2D eigenvalue weighted by Crippen LogP contribution is -2.35. The molecule has 2 nitrogen and oxygen atoms in total. The van der Waals surface area contributed by atoms with Crippen molar-refractivity contribution in [2.24, 2.45) is 17.8 Å². The van der Waals surface area contributed by atoms with E-state index in [4.69, 9.17) is 11.6 Å². The molecule has 110 valence electrons. The summed E-state index contributed by atoms with van der Waals surface area (Å²) in [6, 6.07) is 3.68. The monoisotopic (exact) mass is 311 g/mol. The molecule has 4 heteroatoms. The summed E-state index contributed by atoms with van der Waals surface area (Å²) in [5.74, 6) is 2.06. The zero-order chi connectivity index (χ0) is 14.1. The maximum Gasteiger partial charge on any atom is 0.176 e. The number of fused-ring (bicyclic) bond motifs is 4. The number of halogens is 1. The second kappa shape index (κ2) is 6.17. The van der Waals surface area contributed by atoms with Crippen LogP contribution in [0.15, 0.2) is 12.1 Å². The van der Waals surface area contributed by atoms with Crippen molar-refractivity contribution in [1.29, 1.82) is 0 Å². The van der Waals surface area contributed by atoms with Gasteiger partial charge in [-0.15, -0.1) is 11.3 Å². The number of hydrogen-bond acceptors (Lipinski definition) is 3. The maximum atomic E-state index is 12.4. The van der Waals surface area contributed by atoms with Gasteiger partial charge in [0.1, 0.15) is 0 Å². The second-order valence-corrected chi connectivity index (χ2v) is 8.19. The van der Waals surface area contributed by atoms with Crippen LogP contribution in [0.25, 0.3) is 0 Å². The van der Waals surface area contributed by atoms with E-state index < -0.39 is 0 Å². The summed E-state index contributed by atoms with van der Waals surface area (Å²) in [7, 11) is 0. The molecule has 0 unspecified atom stereocenters. The van der Waals surface area contributed by atoms with E-state index in [1.54, 1.807) is 0 Å². The molecule has 0 spiro atoms. The number of Topliss-reactive ketones (excluding diaryl/α,β-unsaturated/α-hetero) is 1. The fourth-order valence-corrected chi connectivity index (χ4v) is 4.81.